The SMILES string of the molecule is CC(=O)NCCN(C(=O)c1cnn(-c2ccccc2)n1)C(C)C(=O)O. The molecule has 0 aliphatic carbocycles. The highest BCUT2D eigenvalue weighted by molar-refractivity contribution is 5.94. The van der Waals surface area contributed by atoms with Gasteiger partial charge >= 0.3 is 5.97 Å². The number of benzene rings is 1. The van der Waals surface area contributed by atoms with Gasteiger partial charge in [-0.15, -0.1) is 5.10 Å². The van der Waals surface area contributed by atoms with E-state index in [4.69, 9.17) is 0 Å². The molecule has 0 saturated heterocycles. The fourth-order valence-corrected chi connectivity index (χ4v) is 2.15. The van der Waals surface area contributed by atoms with Crippen LogP contribution in [-0.2, 0) is 9.59 Å². The Morgan fingerprint density at radius 2 is 1.96 bits per heavy atom. The van der Waals surface area contributed by atoms with Crippen LogP contribution in [-0.4, -0.2) is 61.9 Å². The minimum atomic E-state index is -1.15. The summed E-state index contributed by atoms with van der Waals surface area (Å²) in [5.41, 5.74) is 0.706. The molecule has 0 saturated carbocycles. The summed E-state index contributed by atoms with van der Waals surface area (Å²) in [6, 6.07) is 7.96. The van der Waals surface area contributed by atoms with Gasteiger partial charge in [-0.2, -0.15) is 9.90 Å². The number of rotatable bonds is 7. The summed E-state index contributed by atoms with van der Waals surface area (Å²) in [4.78, 5) is 37.3. The number of carbonyl (C=O) groups excluding carboxylic acids is 2. The summed E-state index contributed by atoms with van der Waals surface area (Å²) in [7, 11) is 0. The molecule has 2 aromatic rings. The maximum absolute atomic E-state index is 12.6. The van der Waals surface area contributed by atoms with Crippen molar-refractivity contribution in [2.45, 2.75) is 19.9 Å². The zero-order chi connectivity index (χ0) is 18.4. The van der Waals surface area contributed by atoms with Crippen molar-refractivity contribution < 1.29 is 19.5 Å². The summed E-state index contributed by atoms with van der Waals surface area (Å²) >= 11 is 0. The predicted molar refractivity (Wildman–Crippen MR) is 88.2 cm³/mol. The molecule has 25 heavy (non-hydrogen) atoms. The van der Waals surface area contributed by atoms with Crippen LogP contribution in [0.5, 0.6) is 0 Å². The maximum Gasteiger partial charge on any atom is 0.326 e. The van der Waals surface area contributed by atoms with Crippen molar-refractivity contribution >= 4 is 17.8 Å². The second kappa shape index (κ2) is 8.04. The minimum Gasteiger partial charge on any atom is -0.480 e. The summed E-state index contributed by atoms with van der Waals surface area (Å²) in [6.07, 6.45) is 1.29. The smallest absolute Gasteiger partial charge is 0.326 e. The Morgan fingerprint density at radius 1 is 1.28 bits per heavy atom. The quantitative estimate of drug-likeness (QED) is 0.746. The number of hydrogen-bond acceptors (Lipinski definition) is 5. The number of aromatic nitrogens is 3. The number of carboxylic acids is 1. The second-order valence-corrected chi connectivity index (χ2v) is 5.35. The Hall–Kier alpha value is -3.23. The van der Waals surface area contributed by atoms with Crippen molar-refractivity contribution in [1.29, 1.82) is 0 Å². The van der Waals surface area contributed by atoms with Crippen molar-refractivity contribution in [2.75, 3.05) is 13.1 Å². The molecule has 1 unspecified atom stereocenters. The summed E-state index contributed by atoms with van der Waals surface area (Å²) in [5, 5.41) is 19.9. The van der Waals surface area contributed by atoms with Gasteiger partial charge in [-0.25, -0.2) is 4.79 Å². The van der Waals surface area contributed by atoms with Crippen molar-refractivity contribution in [3.8, 4) is 5.69 Å². The van der Waals surface area contributed by atoms with E-state index in [0.717, 1.165) is 4.90 Å². The molecule has 2 amide bonds. The Balaban J connectivity index is 2.19. The first-order valence-corrected chi connectivity index (χ1v) is 7.66. The molecule has 9 heteroatoms. The lowest BCUT2D eigenvalue weighted by molar-refractivity contribution is -0.141. The predicted octanol–water partition coefficient (Wildman–Crippen LogP) is 0.319. The van der Waals surface area contributed by atoms with Gasteiger partial charge in [0.2, 0.25) is 5.91 Å². The molecule has 2 rings (SSSR count). The fraction of sp³-hybridized carbons (Fsp3) is 0.312. The highest BCUT2D eigenvalue weighted by Gasteiger charge is 2.28. The zero-order valence-corrected chi connectivity index (χ0v) is 13.9. The van der Waals surface area contributed by atoms with E-state index >= 15 is 0 Å². The van der Waals surface area contributed by atoms with Crippen LogP contribution in [0.4, 0.5) is 0 Å². The summed E-state index contributed by atoms with van der Waals surface area (Å²) in [5.74, 6) is -1.97. The number of aliphatic carboxylic acids is 1. The van der Waals surface area contributed by atoms with E-state index in [9.17, 15) is 19.5 Å². The summed E-state index contributed by atoms with van der Waals surface area (Å²) < 4.78 is 0. The fourth-order valence-electron chi connectivity index (χ4n) is 2.15. The highest BCUT2D eigenvalue weighted by atomic mass is 16.4. The number of nitrogens with one attached hydrogen (secondary N) is 1. The second-order valence-electron chi connectivity index (χ2n) is 5.35. The van der Waals surface area contributed by atoms with Gasteiger partial charge in [0.15, 0.2) is 5.69 Å². The van der Waals surface area contributed by atoms with E-state index in [2.05, 4.69) is 15.5 Å². The topological polar surface area (TPSA) is 117 Å². The van der Waals surface area contributed by atoms with Crippen molar-refractivity contribution in [3.05, 3.63) is 42.2 Å². The van der Waals surface area contributed by atoms with Crippen LogP contribution >= 0.6 is 0 Å². The molecule has 0 radical (unpaired) electrons. The largest absolute Gasteiger partial charge is 0.480 e. The van der Waals surface area contributed by atoms with Gasteiger partial charge in [-0.3, -0.25) is 9.59 Å². The van der Waals surface area contributed by atoms with Gasteiger partial charge in [-0.1, -0.05) is 18.2 Å². The van der Waals surface area contributed by atoms with Crippen LogP contribution in [0, 0.1) is 0 Å². The first-order valence-electron chi connectivity index (χ1n) is 7.66. The Kier molecular flexibility index (Phi) is 5.83. The number of carbonyl (C=O) groups is 3. The molecule has 1 heterocycles. The van der Waals surface area contributed by atoms with Crippen molar-refractivity contribution in [3.63, 3.8) is 0 Å². The third-order valence-corrected chi connectivity index (χ3v) is 3.51. The van der Waals surface area contributed by atoms with Crippen LogP contribution in [0.3, 0.4) is 0 Å². The van der Waals surface area contributed by atoms with Crippen LogP contribution in [0.15, 0.2) is 36.5 Å². The van der Waals surface area contributed by atoms with E-state index in [0.29, 0.717) is 5.69 Å². The molecule has 1 aromatic heterocycles. The standard InChI is InChI=1S/C16H19N5O4/c1-11(16(24)25)20(9-8-17-12(2)22)15(23)14-10-18-21(19-14)13-6-4-3-5-7-13/h3-7,10-11H,8-9H2,1-2H3,(H,17,22)(H,24,25). The van der Waals surface area contributed by atoms with Gasteiger partial charge < -0.3 is 15.3 Å². The zero-order valence-electron chi connectivity index (χ0n) is 13.9. The number of nitrogens with zero attached hydrogens (tertiary/aromatic N) is 4. The molecule has 1 atom stereocenters. The number of hydrogen-bond donors (Lipinski definition) is 2. The molecule has 9 nitrogen and oxygen atoms in total. The molecular formula is C16H19N5O4. The molecule has 0 fully saturated rings. The van der Waals surface area contributed by atoms with Crippen LogP contribution in [0.25, 0.3) is 5.69 Å². The maximum atomic E-state index is 12.6. The first-order chi connectivity index (χ1) is 11.9. The normalized spacial score (nSPS) is 11.6. The number of para-hydroxylation sites is 1. The monoisotopic (exact) mass is 345 g/mol. The van der Waals surface area contributed by atoms with Crippen LogP contribution < -0.4 is 5.32 Å². The Morgan fingerprint density at radius 3 is 2.56 bits per heavy atom. The molecule has 0 aliphatic heterocycles. The molecule has 2 N–H and O–H groups in total. The lowest BCUT2D eigenvalue weighted by atomic mass is 10.2. The van der Waals surface area contributed by atoms with E-state index in [-0.39, 0.29) is 24.7 Å². The molecule has 0 spiro atoms. The Labute approximate surface area is 144 Å². The van der Waals surface area contributed by atoms with Crippen molar-refractivity contribution in [2.24, 2.45) is 0 Å². The number of amides is 2. The third-order valence-electron chi connectivity index (χ3n) is 3.51. The van der Waals surface area contributed by atoms with Crippen molar-refractivity contribution in [1.82, 2.24) is 25.2 Å². The van der Waals surface area contributed by atoms with Gasteiger partial charge in [0.25, 0.3) is 5.91 Å². The third kappa shape index (κ3) is 4.63. The van der Waals surface area contributed by atoms with Gasteiger partial charge in [0.05, 0.1) is 11.9 Å². The van der Waals surface area contributed by atoms with E-state index in [1.54, 1.807) is 12.1 Å². The van der Waals surface area contributed by atoms with Crippen LogP contribution in [0.2, 0.25) is 0 Å². The van der Waals surface area contributed by atoms with E-state index in [1.165, 1.54) is 24.8 Å². The van der Waals surface area contributed by atoms with E-state index in [1.807, 2.05) is 18.2 Å². The van der Waals surface area contributed by atoms with Crippen LogP contribution in [0.1, 0.15) is 24.3 Å². The molecule has 132 valence electrons. The average Bonchev–Trinajstić information content (AvgIpc) is 3.08. The minimum absolute atomic E-state index is 0.0276. The highest BCUT2D eigenvalue weighted by Crippen LogP contribution is 2.09. The number of carboxylic acid groups (broad SMARTS) is 1. The average molecular weight is 345 g/mol. The lowest BCUT2D eigenvalue weighted by Gasteiger charge is -2.25. The molecular weight excluding hydrogens is 326 g/mol. The Bertz CT molecular complexity index is 759. The lowest BCUT2D eigenvalue weighted by Crippen LogP contribution is -2.46. The molecule has 1 aromatic carbocycles. The first kappa shape index (κ1) is 18.1. The van der Waals surface area contributed by atoms with Gasteiger partial charge in [-0.05, 0) is 19.1 Å². The molecule has 0 bridgehead atoms. The molecule has 0 aliphatic rings. The summed E-state index contributed by atoms with van der Waals surface area (Å²) in [6.45, 7) is 2.93. The van der Waals surface area contributed by atoms with E-state index < -0.39 is 17.9 Å². The van der Waals surface area contributed by atoms with Gasteiger partial charge in [0, 0.05) is 20.0 Å². The van der Waals surface area contributed by atoms with Gasteiger partial charge in [0.1, 0.15) is 6.04 Å².